The molecule has 0 saturated carbocycles. The van der Waals surface area contributed by atoms with Crippen LogP contribution in [0.3, 0.4) is 0 Å². The Kier molecular flexibility index (Phi) is 9.83. The number of hydrogen-bond acceptors (Lipinski definition) is 5. The molecule has 0 bridgehead atoms. The van der Waals surface area contributed by atoms with Gasteiger partial charge in [-0.1, -0.05) is 15.9 Å². The fraction of sp³-hybridized carbons (Fsp3) is 0.571. The number of benzene rings is 2. The number of nitrogens with zero attached hydrogens (tertiary/aromatic N) is 3. The summed E-state index contributed by atoms with van der Waals surface area (Å²) in [5.41, 5.74) is 2.08. The minimum absolute atomic E-state index is 0.107. The number of rotatable bonds is 10. The van der Waals surface area contributed by atoms with Crippen LogP contribution in [0.1, 0.15) is 30.4 Å². The van der Waals surface area contributed by atoms with Crippen LogP contribution >= 0.6 is 15.9 Å². The number of piperazine rings is 1. The third kappa shape index (κ3) is 7.66. The zero-order valence-electron chi connectivity index (χ0n) is 21.1. The highest BCUT2D eigenvalue weighted by Gasteiger charge is 2.22. The predicted octanol–water partition coefficient (Wildman–Crippen LogP) is 5.07. The fourth-order valence-corrected chi connectivity index (χ4v) is 5.66. The zero-order valence-corrected chi connectivity index (χ0v) is 22.7. The molecule has 2 fully saturated rings. The first kappa shape index (κ1) is 26.4. The van der Waals surface area contributed by atoms with Crippen molar-refractivity contribution >= 4 is 15.9 Å². The minimum atomic E-state index is -0.107. The van der Waals surface area contributed by atoms with E-state index in [1.54, 1.807) is 20.3 Å². The van der Waals surface area contributed by atoms with Crippen molar-refractivity contribution in [3.63, 3.8) is 0 Å². The summed E-state index contributed by atoms with van der Waals surface area (Å²) in [5.74, 6) is 2.11. The van der Waals surface area contributed by atoms with Crippen LogP contribution in [0, 0.1) is 11.7 Å². The standard InChI is InChI=1S/C28H39BrFN3O2/c1-34-25-4-6-27(29)24(20-25)21-33-16-14-32(15-17-33)11-3-10-31-12-8-22(9-13-31)18-23-19-26(35-2)5-7-28(23)30/h4-7,19-20,22H,3,8-18,21H2,1-2H3. The number of methoxy groups -OCH3 is 2. The molecular weight excluding hydrogens is 509 g/mol. The van der Waals surface area contributed by atoms with E-state index in [1.807, 2.05) is 12.1 Å². The summed E-state index contributed by atoms with van der Waals surface area (Å²) in [5, 5.41) is 0. The molecule has 2 aliphatic rings. The first-order chi connectivity index (χ1) is 17.0. The van der Waals surface area contributed by atoms with Crippen LogP contribution in [-0.2, 0) is 13.0 Å². The first-order valence-corrected chi connectivity index (χ1v) is 13.6. The molecule has 192 valence electrons. The molecule has 2 aliphatic heterocycles. The summed E-state index contributed by atoms with van der Waals surface area (Å²) >= 11 is 3.68. The Morgan fingerprint density at radius 3 is 2.03 bits per heavy atom. The molecule has 35 heavy (non-hydrogen) atoms. The van der Waals surface area contributed by atoms with Crippen LogP contribution in [0.5, 0.6) is 11.5 Å². The van der Waals surface area contributed by atoms with Crippen molar-refractivity contribution in [2.24, 2.45) is 5.92 Å². The Labute approximate surface area is 218 Å². The van der Waals surface area contributed by atoms with E-state index < -0.39 is 0 Å². The molecule has 0 atom stereocenters. The summed E-state index contributed by atoms with van der Waals surface area (Å²) in [4.78, 5) is 7.73. The van der Waals surface area contributed by atoms with E-state index in [-0.39, 0.29) is 5.82 Å². The Balaban J connectivity index is 1.12. The lowest BCUT2D eigenvalue weighted by molar-refractivity contribution is 0.117. The quantitative estimate of drug-likeness (QED) is 0.414. The molecule has 0 aliphatic carbocycles. The average molecular weight is 549 g/mol. The maximum Gasteiger partial charge on any atom is 0.126 e. The third-order valence-electron chi connectivity index (χ3n) is 7.53. The van der Waals surface area contributed by atoms with Crippen LogP contribution < -0.4 is 9.47 Å². The van der Waals surface area contributed by atoms with Gasteiger partial charge in [0.25, 0.3) is 0 Å². The fourth-order valence-electron chi connectivity index (χ4n) is 5.29. The average Bonchev–Trinajstić information content (AvgIpc) is 2.88. The molecule has 2 heterocycles. The van der Waals surface area contributed by atoms with Gasteiger partial charge in [0.2, 0.25) is 0 Å². The molecular formula is C28H39BrFN3O2. The molecule has 2 saturated heterocycles. The van der Waals surface area contributed by atoms with E-state index in [4.69, 9.17) is 9.47 Å². The minimum Gasteiger partial charge on any atom is -0.497 e. The van der Waals surface area contributed by atoms with E-state index in [1.165, 1.54) is 24.6 Å². The molecule has 0 spiro atoms. The molecule has 0 N–H and O–H groups in total. The highest BCUT2D eigenvalue weighted by molar-refractivity contribution is 9.10. The van der Waals surface area contributed by atoms with Crippen LogP contribution in [-0.4, -0.2) is 81.3 Å². The second-order valence-electron chi connectivity index (χ2n) is 9.88. The van der Waals surface area contributed by atoms with E-state index in [0.717, 1.165) is 93.2 Å². The molecule has 2 aromatic carbocycles. The van der Waals surface area contributed by atoms with Gasteiger partial charge in [0.1, 0.15) is 17.3 Å². The summed E-state index contributed by atoms with van der Waals surface area (Å²) in [6.45, 7) is 10.0. The number of hydrogen-bond donors (Lipinski definition) is 0. The van der Waals surface area contributed by atoms with Crippen LogP contribution in [0.4, 0.5) is 4.39 Å². The molecule has 0 radical (unpaired) electrons. The summed E-state index contributed by atoms with van der Waals surface area (Å²) in [7, 11) is 3.36. The SMILES string of the molecule is COc1ccc(F)c(CC2CCN(CCCN3CCN(Cc4cc(OC)ccc4Br)CC3)CC2)c1. The highest BCUT2D eigenvalue weighted by Crippen LogP contribution is 2.26. The van der Waals surface area contributed by atoms with Gasteiger partial charge in [-0.3, -0.25) is 4.90 Å². The summed E-state index contributed by atoms with van der Waals surface area (Å²) in [6.07, 6.45) is 4.33. The van der Waals surface area contributed by atoms with Gasteiger partial charge < -0.3 is 19.3 Å². The van der Waals surface area contributed by atoms with E-state index in [2.05, 4.69) is 42.8 Å². The Morgan fingerprint density at radius 2 is 1.37 bits per heavy atom. The van der Waals surface area contributed by atoms with Gasteiger partial charge in [0.05, 0.1) is 14.2 Å². The number of halogens is 2. The van der Waals surface area contributed by atoms with Crippen molar-refractivity contribution in [2.75, 3.05) is 66.6 Å². The van der Waals surface area contributed by atoms with Crippen molar-refractivity contribution in [3.8, 4) is 11.5 Å². The van der Waals surface area contributed by atoms with Crippen molar-refractivity contribution in [2.45, 2.75) is 32.2 Å². The maximum atomic E-state index is 14.2. The lowest BCUT2D eigenvalue weighted by atomic mass is 9.90. The monoisotopic (exact) mass is 547 g/mol. The second-order valence-corrected chi connectivity index (χ2v) is 10.7. The molecule has 0 aromatic heterocycles. The van der Waals surface area contributed by atoms with Crippen molar-refractivity contribution in [1.29, 1.82) is 0 Å². The Bertz CT molecular complexity index is 868. The third-order valence-corrected chi connectivity index (χ3v) is 8.30. The molecule has 5 nitrogen and oxygen atoms in total. The van der Waals surface area contributed by atoms with Crippen LogP contribution in [0.2, 0.25) is 0 Å². The molecule has 7 heteroatoms. The van der Waals surface area contributed by atoms with Gasteiger partial charge in [-0.2, -0.15) is 0 Å². The van der Waals surface area contributed by atoms with Crippen molar-refractivity contribution in [1.82, 2.24) is 14.7 Å². The molecule has 0 unspecified atom stereocenters. The second kappa shape index (κ2) is 13.0. The summed E-state index contributed by atoms with van der Waals surface area (Å²) < 4.78 is 26.0. The zero-order chi connectivity index (χ0) is 24.6. The lowest BCUT2D eigenvalue weighted by Gasteiger charge is -2.36. The molecule has 2 aromatic rings. The van der Waals surface area contributed by atoms with Gasteiger partial charge in [0.15, 0.2) is 0 Å². The van der Waals surface area contributed by atoms with Crippen molar-refractivity contribution < 1.29 is 13.9 Å². The summed E-state index contributed by atoms with van der Waals surface area (Å²) in [6, 6.07) is 11.3. The van der Waals surface area contributed by atoms with Gasteiger partial charge in [-0.25, -0.2) is 4.39 Å². The Morgan fingerprint density at radius 1 is 0.800 bits per heavy atom. The normalized spacial score (nSPS) is 18.6. The van der Waals surface area contributed by atoms with Gasteiger partial charge >= 0.3 is 0 Å². The Hall–Kier alpha value is -1.67. The largest absolute Gasteiger partial charge is 0.497 e. The van der Waals surface area contributed by atoms with Crippen LogP contribution in [0.15, 0.2) is 40.9 Å². The van der Waals surface area contributed by atoms with E-state index >= 15 is 0 Å². The topological polar surface area (TPSA) is 28.2 Å². The van der Waals surface area contributed by atoms with E-state index in [9.17, 15) is 4.39 Å². The number of piperidine rings is 1. The van der Waals surface area contributed by atoms with Gasteiger partial charge in [-0.05, 0) is 105 Å². The highest BCUT2D eigenvalue weighted by atomic mass is 79.9. The lowest BCUT2D eigenvalue weighted by Crippen LogP contribution is -2.46. The molecule has 4 rings (SSSR count). The van der Waals surface area contributed by atoms with Gasteiger partial charge in [0, 0.05) is 37.2 Å². The van der Waals surface area contributed by atoms with Crippen LogP contribution in [0.25, 0.3) is 0 Å². The first-order valence-electron chi connectivity index (χ1n) is 12.9. The smallest absolute Gasteiger partial charge is 0.126 e. The van der Waals surface area contributed by atoms with Gasteiger partial charge in [-0.15, -0.1) is 0 Å². The number of likely N-dealkylation sites (tertiary alicyclic amines) is 1. The molecule has 0 amide bonds. The van der Waals surface area contributed by atoms with E-state index in [0.29, 0.717) is 5.92 Å². The van der Waals surface area contributed by atoms with Crippen molar-refractivity contribution in [3.05, 3.63) is 57.8 Å². The maximum absolute atomic E-state index is 14.2. The predicted molar refractivity (Wildman–Crippen MR) is 143 cm³/mol. The number of ether oxygens (including phenoxy) is 2.